The molecule has 9 heteroatoms. The Bertz CT molecular complexity index is 455. The first-order chi connectivity index (χ1) is 8.35. The Morgan fingerprint density at radius 3 is 2.05 bits per heavy atom. The van der Waals surface area contributed by atoms with Gasteiger partial charge in [0.15, 0.2) is 0 Å². The summed E-state index contributed by atoms with van der Waals surface area (Å²) in [6.07, 6.45) is -1.13. The predicted octanol–water partition coefficient (Wildman–Crippen LogP) is 0.456. The molecular weight excluding hydrogens is 276 g/mol. The fraction of sp³-hybridized carbons (Fsp3) is 0.800. The van der Waals surface area contributed by atoms with Gasteiger partial charge in [0.25, 0.3) is 0 Å². The van der Waals surface area contributed by atoms with E-state index in [-0.39, 0.29) is 6.61 Å². The van der Waals surface area contributed by atoms with E-state index in [1.807, 2.05) is 0 Å². The largest absolute Gasteiger partial charge is 0.481 e. The van der Waals surface area contributed by atoms with Crippen LogP contribution in [0.5, 0.6) is 0 Å². The normalized spacial score (nSPS) is 12.9. The summed E-state index contributed by atoms with van der Waals surface area (Å²) in [5.41, 5.74) is -2.70. The van der Waals surface area contributed by atoms with E-state index in [0.29, 0.717) is 0 Å². The highest BCUT2D eigenvalue weighted by molar-refractivity contribution is 7.88. The molecule has 0 aromatic heterocycles. The second kappa shape index (κ2) is 5.74. The number of hydrogen-bond donors (Lipinski definition) is 3. The van der Waals surface area contributed by atoms with Crippen molar-refractivity contribution in [2.45, 2.75) is 40.2 Å². The van der Waals surface area contributed by atoms with E-state index < -0.39 is 33.2 Å². The number of carbonyl (C=O) groups excluding carboxylic acids is 1. The van der Waals surface area contributed by atoms with E-state index >= 15 is 0 Å². The van der Waals surface area contributed by atoms with Crippen molar-refractivity contribution in [1.29, 1.82) is 0 Å². The number of carboxylic acids is 1. The van der Waals surface area contributed by atoms with Gasteiger partial charge in [0.05, 0.1) is 12.0 Å². The first-order valence-corrected chi connectivity index (χ1v) is 7.06. The Hall–Kier alpha value is -1.35. The van der Waals surface area contributed by atoms with Crippen LogP contribution in [0.15, 0.2) is 0 Å². The molecule has 0 heterocycles. The highest BCUT2D eigenvalue weighted by Gasteiger charge is 2.46. The molecule has 0 atom stereocenters. The summed E-state index contributed by atoms with van der Waals surface area (Å²) in [7, 11) is -4.22. The third kappa shape index (κ3) is 4.67. The van der Waals surface area contributed by atoms with E-state index in [2.05, 4.69) is 9.46 Å². The van der Waals surface area contributed by atoms with Crippen LogP contribution in [0.1, 0.15) is 34.6 Å². The van der Waals surface area contributed by atoms with Crippen LogP contribution in [-0.4, -0.2) is 37.7 Å². The molecule has 0 saturated carbocycles. The molecule has 1 amide bonds. The van der Waals surface area contributed by atoms with Gasteiger partial charge < -0.3 is 9.84 Å². The zero-order valence-corrected chi connectivity index (χ0v) is 12.4. The molecule has 0 fully saturated rings. The Kier molecular flexibility index (Phi) is 5.33. The fourth-order valence-electron chi connectivity index (χ4n) is 1.03. The quantitative estimate of drug-likeness (QED) is 0.654. The molecule has 3 N–H and O–H groups in total. The first kappa shape index (κ1) is 17.6. The first-order valence-electron chi connectivity index (χ1n) is 5.57. The number of aliphatic carboxylic acids is 1. The second-order valence-electron chi connectivity index (χ2n) is 4.98. The lowest BCUT2D eigenvalue weighted by Gasteiger charge is -2.38. The van der Waals surface area contributed by atoms with Crippen LogP contribution in [0.3, 0.4) is 0 Å². The average molecular weight is 296 g/mol. The summed E-state index contributed by atoms with van der Waals surface area (Å²) in [4.78, 5) is 22.2. The molecule has 0 saturated heterocycles. The number of carboxylic acid groups (broad SMARTS) is 1. The minimum atomic E-state index is -4.22. The topological polar surface area (TPSA) is 122 Å². The molecule has 0 rings (SSSR count). The SMILES string of the molecule is CCOC(=O)NS(=O)(=O)NC(C)(C)C(C)(C)C(=O)O. The number of ether oxygens (including phenoxy) is 1. The Balaban J connectivity index is 5.02. The minimum absolute atomic E-state index is 0.0192. The van der Waals surface area contributed by atoms with Crippen molar-refractivity contribution in [3.8, 4) is 0 Å². The molecule has 0 aliphatic carbocycles. The number of amides is 1. The molecular formula is C10H20N2O6S. The van der Waals surface area contributed by atoms with Crippen molar-refractivity contribution in [1.82, 2.24) is 9.44 Å². The molecule has 0 spiro atoms. The van der Waals surface area contributed by atoms with Crippen LogP contribution in [0.4, 0.5) is 4.79 Å². The van der Waals surface area contributed by atoms with Crippen molar-refractivity contribution in [3.05, 3.63) is 0 Å². The minimum Gasteiger partial charge on any atom is -0.481 e. The summed E-state index contributed by atoms with van der Waals surface area (Å²) in [6.45, 7) is 7.11. The van der Waals surface area contributed by atoms with Gasteiger partial charge in [-0.25, -0.2) is 9.52 Å². The van der Waals surface area contributed by atoms with E-state index in [0.717, 1.165) is 0 Å². The van der Waals surface area contributed by atoms with Gasteiger partial charge in [-0.3, -0.25) is 4.79 Å². The number of rotatable bonds is 6. The summed E-state index contributed by atoms with van der Waals surface area (Å²) in [6, 6.07) is 0. The highest BCUT2D eigenvalue weighted by Crippen LogP contribution is 2.31. The van der Waals surface area contributed by atoms with Gasteiger partial charge in [-0.1, -0.05) is 0 Å². The lowest BCUT2D eigenvalue weighted by Crippen LogP contribution is -2.59. The van der Waals surface area contributed by atoms with Crippen molar-refractivity contribution in [2.75, 3.05) is 6.61 Å². The molecule has 0 aromatic carbocycles. The van der Waals surface area contributed by atoms with Gasteiger partial charge in [0, 0.05) is 5.54 Å². The molecule has 19 heavy (non-hydrogen) atoms. The second-order valence-corrected chi connectivity index (χ2v) is 6.40. The average Bonchev–Trinajstić information content (AvgIpc) is 2.13. The van der Waals surface area contributed by atoms with Gasteiger partial charge in [-0.2, -0.15) is 13.1 Å². The van der Waals surface area contributed by atoms with E-state index in [1.165, 1.54) is 34.6 Å². The molecule has 0 aliphatic heterocycles. The maximum absolute atomic E-state index is 11.7. The van der Waals surface area contributed by atoms with Crippen LogP contribution < -0.4 is 9.44 Å². The van der Waals surface area contributed by atoms with Crippen LogP contribution in [0.2, 0.25) is 0 Å². The molecule has 0 bridgehead atoms. The van der Waals surface area contributed by atoms with Gasteiger partial charge in [-0.05, 0) is 34.6 Å². The molecule has 8 nitrogen and oxygen atoms in total. The predicted molar refractivity (Wildman–Crippen MR) is 67.7 cm³/mol. The summed E-state index contributed by atoms with van der Waals surface area (Å²) in [5.74, 6) is -1.17. The van der Waals surface area contributed by atoms with Crippen LogP contribution >= 0.6 is 0 Å². The van der Waals surface area contributed by atoms with Gasteiger partial charge >= 0.3 is 22.3 Å². The molecule has 0 aromatic rings. The maximum Gasteiger partial charge on any atom is 0.421 e. The Labute approximate surface area is 112 Å². The zero-order valence-electron chi connectivity index (χ0n) is 11.6. The third-order valence-electron chi connectivity index (χ3n) is 2.98. The summed E-state index contributed by atoms with van der Waals surface area (Å²) >= 11 is 0. The molecule has 112 valence electrons. The lowest BCUT2D eigenvalue weighted by molar-refractivity contribution is -0.150. The Morgan fingerprint density at radius 1 is 1.21 bits per heavy atom. The van der Waals surface area contributed by atoms with Crippen molar-refractivity contribution < 1.29 is 27.9 Å². The zero-order chi connectivity index (χ0) is 15.5. The lowest BCUT2D eigenvalue weighted by atomic mass is 9.75. The summed E-state index contributed by atoms with van der Waals surface area (Å²) < 4.78 is 31.6. The van der Waals surface area contributed by atoms with Gasteiger partial charge in [-0.15, -0.1) is 0 Å². The number of hydrogen-bond acceptors (Lipinski definition) is 5. The van der Waals surface area contributed by atoms with E-state index in [1.54, 1.807) is 4.72 Å². The van der Waals surface area contributed by atoms with E-state index in [4.69, 9.17) is 5.11 Å². The monoisotopic (exact) mass is 296 g/mol. The molecule has 0 unspecified atom stereocenters. The van der Waals surface area contributed by atoms with Gasteiger partial charge in [0.2, 0.25) is 0 Å². The Morgan fingerprint density at radius 2 is 1.68 bits per heavy atom. The number of carbonyl (C=O) groups is 2. The summed E-state index contributed by atoms with van der Waals surface area (Å²) in [5, 5.41) is 9.09. The van der Waals surface area contributed by atoms with E-state index in [9.17, 15) is 18.0 Å². The third-order valence-corrected chi connectivity index (χ3v) is 4.19. The van der Waals surface area contributed by atoms with Crippen molar-refractivity contribution >= 4 is 22.3 Å². The van der Waals surface area contributed by atoms with Crippen LogP contribution in [0.25, 0.3) is 0 Å². The fourth-order valence-corrected chi connectivity index (χ4v) is 2.28. The van der Waals surface area contributed by atoms with Gasteiger partial charge in [0.1, 0.15) is 0 Å². The molecule has 0 radical (unpaired) electrons. The van der Waals surface area contributed by atoms with Crippen molar-refractivity contribution in [2.24, 2.45) is 5.41 Å². The standard InChI is InChI=1S/C10H20N2O6S/c1-6-18-8(15)11-19(16,17)12-10(4,5)9(2,3)7(13)14/h12H,6H2,1-5H3,(H,11,15)(H,13,14). The molecule has 0 aliphatic rings. The van der Waals surface area contributed by atoms with Crippen LogP contribution in [-0.2, 0) is 19.7 Å². The smallest absolute Gasteiger partial charge is 0.421 e. The maximum atomic E-state index is 11.7. The number of nitrogens with one attached hydrogen (secondary N) is 2. The van der Waals surface area contributed by atoms with Crippen molar-refractivity contribution in [3.63, 3.8) is 0 Å². The highest BCUT2D eigenvalue weighted by atomic mass is 32.2. The van der Waals surface area contributed by atoms with Crippen LogP contribution in [0, 0.1) is 5.41 Å².